The zero-order valence-corrected chi connectivity index (χ0v) is 19.2. The van der Waals surface area contributed by atoms with Crippen LogP contribution in [0.15, 0.2) is 91.0 Å². The SMILES string of the molecule is COCC(C(=O)NCc1ccccc1)C(C)C(CCc1ccccc1)Cc1ccccc1. The Bertz CT molecular complexity index is 912. The molecule has 3 nitrogen and oxygen atoms in total. The van der Waals surface area contributed by atoms with Gasteiger partial charge in [-0.1, -0.05) is 97.9 Å². The first-order valence-corrected chi connectivity index (χ1v) is 11.6. The first-order chi connectivity index (χ1) is 15.7. The van der Waals surface area contributed by atoms with Gasteiger partial charge in [-0.05, 0) is 47.8 Å². The van der Waals surface area contributed by atoms with E-state index in [9.17, 15) is 4.79 Å². The van der Waals surface area contributed by atoms with Gasteiger partial charge in [0.05, 0.1) is 12.5 Å². The molecule has 0 aliphatic rings. The van der Waals surface area contributed by atoms with Crippen molar-refractivity contribution in [1.82, 2.24) is 5.32 Å². The summed E-state index contributed by atoms with van der Waals surface area (Å²) in [7, 11) is 1.68. The average molecular weight is 430 g/mol. The third kappa shape index (κ3) is 7.35. The van der Waals surface area contributed by atoms with Crippen LogP contribution in [0.25, 0.3) is 0 Å². The van der Waals surface area contributed by atoms with Crippen molar-refractivity contribution in [2.45, 2.75) is 32.7 Å². The molecule has 0 aliphatic carbocycles. The minimum absolute atomic E-state index is 0.0703. The number of benzene rings is 3. The zero-order valence-electron chi connectivity index (χ0n) is 19.2. The van der Waals surface area contributed by atoms with Crippen LogP contribution < -0.4 is 5.32 Å². The van der Waals surface area contributed by atoms with Gasteiger partial charge in [0.2, 0.25) is 5.91 Å². The Morgan fingerprint density at radius 3 is 1.91 bits per heavy atom. The highest BCUT2D eigenvalue weighted by atomic mass is 16.5. The van der Waals surface area contributed by atoms with Gasteiger partial charge in [-0.25, -0.2) is 0 Å². The Hall–Kier alpha value is -2.91. The predicted molar refractivity (Wildman–Crippen MR) is 131 cm³/mol. The molecule has 3 atom stereocenters. The molecule has 0 fully saturated rings. The van der Waals surface area contributed by atoms with E-state index >= 15 is 0 Å². The fraction of sp³-hybridized carbons (Fsp3) is 0.345. The van der Waals surface area contributed by atoms with Gasteiger partial charge in [-0.2, -0.15) is 0 Å². The monoisotopic (exact) mass is 429 g/mol. The minimum Gasteiger partial charge on any atom is -0.384 e. The maximum Gasteiger partial charge on any atom is 0.225 e. The fourth-order valence-corrected chi connectivity index (χ4v) is 4.35. The Morgan fingerprint density at radius 2 is 1.34 bits per heavy atom. The lowest BCUT2D eigenvalue weighted by Crippen LogP contribution is -2.39. The van der Waals surface area contributed by atoms with Gasteiger partial charge in [0.1, 0.15) is 0 Å². The lowest BCUT2D eigenvalue weighted by atomic mass is 9.76. The second-order valence-corrected chi connectivity index (χ2v) is 8.60. The van der Waals surface area contributed by atoms with Crippen molar-refractivity contribution >= 4 is 5.91 Å². The van der Waals surface area contributed by atoms with Crippen LogP contribution in [-0.2, 0) is 28.9 Å². The predicted octanol–water partition coefficient (Wildman–Crippen LogP) is 5.69. The Kier molecular flexibility index (Phi) is 9.52. The number of hydrogen-bond acceptors (Lipinski definition) is 2. The molecule has 3 aromatic rings. The quantitative estimate of drug-likeness (QED) is 0.401. The summed E-state index contributed by atoms with van der Waals surface area (Å²) >= 11 is 0. The topological polar surface area (TPSA) is 38.3 Å². The number of nitrogens with one attached hydrogen (secondary N) is 1. The second kappa shape index (κ2) is 12.8. The molecule has 1 amide bonds. The molecule has 0 bridgehead atoms. The number of carbonyl (C=O) groups excluding carboxylic acids is 1. The highest BCUT2D eigenvalue weighted by Gasteiger charge is 2.31. The standard InChI is InChI=1S/C29H35NO2/c1-23(28(22-32-2)29(31)30-21-26-16-10-5-11-17-26)27(20-25-14-8-4-9-15-25)19-18-24-12-6-3-7-13-24/h3-17,23,27-28H,18-22H2,1-2H3,(H,30,31). The molecule has 0 aromatic heterocycles. The molecule has 3 aromatic carbocycles. The van der Waals surface area contributed by atoms with Crippen LogP contribution in [0.2, 0.25) is 0 Å². The molecule has 168 valence electrons. The normalized spacial score (nSPS) is 13.8. The van der Waals surface area contributed by atoms with E-state index in [1.54, 1.807) is 7.11 Å². The van der Waals surface area contributed by atoms with Crippen LogP contribution >= 0.6 is 0 Å². The molecule has 3 heteroatoms. The highest BCUT2D eigenvalue weighted by molar-refractivity contribution is 5.79. The first kappa shape index (κ1) is 23.7. The number of amides is 1. The van der Waals surface area contributed by atoms with Crippen LogP contribution in [0.3, 0.4) is 0 Å². The molecule has 0 saturated carbocycles. The lowest BCUT2D eigenvalue weighted by molar-refractivity contribution is -0.129. The molecular formula is C29H35NO2. The van der Waals surface area contributed by atoms with E-state index in [1.807, 2.05) is 30.3 Å². The van der Waals surface area contributed by atoms with Crippen molar-refractivity contribution in [3.05, 3.63) is 108 Å². The molecule has 0 spiro atoms. The van der Waals surface area contributed by atoms with Gasteiger partial charge in [0.15, 0.2) is 0 Å². The molecule has 0 aliphatic heterocycles. The summed E-state index contributed by atoms with van der Waals surface area (Å²) in [5, 5.41) is 3.14. The summed E-state index contributed by atoms with van der Waals surface area (Å²) < 4.78 is 5.50. The third-order valence-corrected chi connectivity index (χ3v) is 6.36. The van der Waals surface area contributed by atoms with E-state index in [-0.39, 0.29) is 17.7 Å². The number of ether oxygens (including phenoxy) is 1. The van der Waals surface area contributed by atoms with E-state index in [2.05, 4.69) is 72.9 Å². The van der Waals surface area contributed by atoms with Crippen LogP contribution in [0.4, 0.5) is 0 Å². The Balaban J connectivity index is 1.71. The fourth-order valence-electron chi connectivity index (χ4n) is 4.35. The second-order valence-electron chi connectivity index (χ2n) is 8.60. The smallest absolute Gasteiger partial charge is 0.225 e. The number of carbonyl (C=O) groups is 1. The largest absolute Gasteiger partial charge is 0.384 e. The third-order valence-electron chi connectivity index (χ3n) is 6.36. The van der Waals surface area contributed by atoms with E-state index < -0.39 is 0 Å². The maximum absolute atomic E-state index is 13.2. The summed E-state index contributed by atoms with van der Waals surface area (Å²) in [6, 6.07) is 31.3. The molecular weight excluding hydrogens is 394 g/mol. The molecule has 0 radical (unpaired) electrons. The summed E-state index contributed by atoms with van der Waals surface area (Å²) in [6.45, 7) is 3.18. The van der Waals surface area contributed by atoms with Gasteiger partial charge < -0.3 is 10.1 Å². The minimum atomic E-state index is -0.187. The van der Waals surface area contributed by atoms with Crippen molar-refractivity contribution in [1.29, 1.82) is 0 Å². The van der Waals surface area contributed by atoms with Gasteiger partial charge in [0.25, 0.3) is 0 Å². The molecule has 3 rings (SSSR count). The van der Waals surface area contributed by atoms with Crippen LogP contribution in [0.1, 0.15) is 30.0 Å². The Labute approximate surface area is 192 Å². The number of rotatable bonds is 12. The van der Waals surface area contributed by atoms with Gasteiger partial charge in [-0.15, -0.1) is 0 Å². The number of aryl methyl sites for hydroxylation is 1. The average Bonchev–Trinajstić information content (AvgIpc) is 2.85. The molecule has 1 N–H and O–H groups in total. The summed E-state index contributed by atoms with van der Waals surface area (Å²) in [5.41, 5.74) is 3.77. The maximum atomic E-state index is 13.2. The molecule has 0 heterocycles. The Morgan fingerprint density at radius 1 is 0.812 bits per heavy atom. The number of hydrogen-bond donors (Lipinski definition) is 1. The van der Waals surface area contributed by atoms with Gasteiger partial charge >= 0.3 is 0 Å². The van der Waals surface area contributed by atoms with Crippen molar-refractivity contribution < 1.29 is 9.53 Å². The van der Waals surface area contributed by atoms with Gasteiger partial charge in [-0.3, -0.25) is 4.79 Å². The van der Waals surface area contributed by atoms with E-state index in [1.165, 1.54) is 11.1 Å². The summed E-state index contributed by atoms with van der Waals surface area (Å²) in [5.74, 6) is 0.448. The van der Waals surface area contributed by atoms with Crippen molar-refractivity contribution in [3.8, 4) is 0 Å². The van der Waals surface area contributed by atoms with Crippen molar-refractivity contribution in [3.63, 3.8) is 0 Å². The van der Waals surface area contributed by atoms with E-state index in [4.69, 9.17) is 4.74 Å². The van der Waals surface area contributed by atoms with Crippen molar-refractivity contribution in [2.75, 3.05) is 13.7 Å². The van der Waals surface area contributed by atoms with Crippen molar-refractivity contribution in [2.24, 2.45) is 17.8 Å². The number of methoxy groups -OCH3 is 1. The molecule has 3 unspecified atom stereocenters. The van der Waals surface area contributed by atoms with Crippen LogP contribution in [0.5, 0.6) is 0 Å². The van der Waals surface area contributed by atoms with Crippen LogP contribution in [-0.4, -0.2) is 19.6 Å². The summed E-state index contributed by atoms with van der Waals surface area (Å²) in [4.78, 5) is 13.2. The molecule has 0 saturated heterocycles. The lowest BCUT2D eigenvalue weighted by Gasteiger charge is -2.30. The highest BCUT2D eigenvalue weighted by Crippen LogP contribution is 2.29. The van der Waals surface area contributed by atoms with Crippen LogP contribution in [0, 0.1) is 17.8 Å². The molecule has 32 heavy (non-hydrogen) atoms. The summed E-state index contributed by atoms with van der Waals surface area (Å²) in [6.07, 6.45) is 3.00. The van der Waals surface area contributed by atoms with Gasteiger partial charge in [0, 0.05) is 13.7 Å². The first-order valence-electron chi connectivity index (χ1n) is 11.6. The van der Waals surface area contributed by atoms with E-state index in [0.717, 1.165) is 24.8 Å². The van der Waals surface area contributed by atoms with E-state index in [0.29, 0.717) is 19.1 Å². The zero-order chi connectivity index (χ0) is 22.6.